The van der Waals surface area contributed by atoms with Gasteiger partial charge in [-0.2, -0.15) is 0 Å². The fourth-order valence-corrected chi connectivity index (χ4v) is 5.73. The fourth-order valence-electron chi connectivity index (χ4n) is 5.73. The van der Waals surface area contributed by atoms with Gasteiger partial charge in [0.2, 0.25) is 0 Å². The van der Waals surface area contributed by atoms with Crippen LogP contribution in [0.15, 0.2) is 79.4 Å². The summed E-state index contributed by atoms with van der Waals surface area (Å²) in [5.74, 6) is 1.24. The summed E-state index contributed by atoms with van der Waals surface area (Å²) in [7, 11) is 0. The zero-order valence-corrected chi connectivity index (χ0v) is 18.9. The Kier molecular flexibility index (Phi) is 5.41. The maximum atomic E-state index is 13.5. The fraction of sp³-hybridized carbons (Fsp3) is 0.286. The lowest BCUT2D eigenvalue weighted by Crippen LogP contribution is -2.46. The predicted octanol–water partition coefficient (Wildman–Crippen LogP) is 5.44. The Morgan fingerprint density at radius 3 is 2.56 bits per heavy atom. The second-order valence-corrected chi connectivity index (χ2v) is 9.32. The number of benzene rings is 2. The molecule has 0 spiro atoms. The Balaban J connectivity index is 1.17. The average Bonchev–Trinajstić information content (AvgIpc) is 3.14. The summed E-state index contributed by atoms with van der Waals surface area (Å²) >= 11 is 0. The van der Waals surface area contributed by atoms with Crippen LogP contribution in [0.1, 0.15) is 41.6 Å². The summed E-state index contributed by atoms with van der Waals surface area (Å²) in [6.45, 7) is 0. The highest BCUT2D eigenvalue weighted by atomic mass is 16.5. The van der Waals surface area contributed by atoms with Crippen molar-refractivity contribution in [1.82, 2.24) is 19.9 Å². The van der Waals surface area contributed by atoms with Gasteiger partial charge in [-0.3, -0.25) is 9.78 Å². The monoisotopic (exact) mass is 450 g/mol. The van der Waals surface area contributed by atoms with Gasteiger partial charge in [0.1, 0.15) is 5.75 Å². The van der Waals surface area contributed by atoms with Gasteiger partial charge in [-0.25, -0.2) is 9.97 Å². The molecular weight excluding hydrogens is 424 g/mol. The maximum Gasteiger partial charge on any atom is 0.321 e. The third-order valence-corrected chi connectivity index (χ3v) is 7.16. The summed E-state index contributed by atoms with van der Waals surface area (Å²) in [5.41, 5.74) is 1.97. The predicted molar refractivity (Wildman–Crippen MR) is 130 cm³/mol. The highest BCUT2D eigenvalue weighted by Gasteiger charge is 2.43. The number of pyridine rings is 1. The van der Waals surface area contributed by atoms with Gasteiger partial charge in [0.15, 0.2) is 0 Å². The van der Waals surface area contributed by atoms with Gasteiger partial charge < -0.3 is 9.64 Å². The van der Waals surface area contributed by atoms with Crippen molar-refractivity contribution in [2.75, 3.05) is 0 Å². The van der Waals surface area contributed by atoms with Crippen LogP contribution in [0.3, 0.4) is 0 Å². The molecule has 6 heteroatoms. The van der Waals surface area contributed by atoms with Crippen molar-refractivity contribution in [2.24, 2.45) is 5.92 Å². The number of nitrogens with zero attached hydrogens (tertiary/aromatic N) is 4. The van der Waals surface area contributed by atoms with Crippen molar-refractivity contribution in [2.45, 2.75) is 44.2 Å². The smallest absolute Gasteiger partial charge is 0.321 e. The van der Waals surface area contributed by atoms with Crippen LogP contribution in [0.4, 0.5) is 0 Å². The minimum atomic E-state index is 0.0946. The molecule has 2 aliphatic heterocycles. The summed E-state index contributed by atoms with van der Waals surface area (Å²) in [6.07, 6.45) is 12.5. The van der Waals surface area contributed by atoms with E-state index in [-0.39, 0.29) is 11.9 Å². The molecule has 34 heavy (non-hydrogen) atoms. The third-order valence-electron chi connectivity index (χ3n) is 7.16. The van der Waals surface area contributed by atoms with Gasteiger partial charge in [-0.1, -0.05) is 30.3 Å². The van der Waals surface area contributed by atoms with E-state index in [4.69, 9.17) is 4.74 Å². The second kappa shape index (κ2) is 8.86. The molecule has 6 rings (SSSR count). The molecule has 4 aromatic rings. The molecule has 0 saturated carbocycles. The van der Waals surface area contributed by atoms with Crippen LogP contribution in [-0.2, 0) is 6.42 Å². The molecular formula is C28H26N4O2. The van der Waals surface area contributed by atoms with E-state index >= 15 is 0 Å². The minimum Gasteiger partial charge on any atom is -0.424 e. The van der Waals surface area contributed by atoms with Crippen LogP contribution in [0.2, 0.25) is 0 Å². The number of ether oxygens (including phenoxy) is 1. The highest BCUT2D eigenvalue weighted by molar-refractivity contribution is 5.95. The second-order valence-electron chi connectivity index (χ2n) is 9.32. The summed E-state index contributed by atoms with van der Waals surface area (Å²) in [4.78, 5) is 28.3. The van der Waals surface area contributed by atoms with E-state index in [9.17, 15) is 4.79 Å². The summed E-state index contributed by atoms with van der Waals surface area (Å²) in [5, 5.41) is 2.49. The molecule has 0 radical (unpaired) electrons. The van der Waals surface area contributed by atoms with E-state index in [1.165, 1.54) is 16.3 Å². The topological polar surface area (TPSA) is 68.2 Å². The molecule has 2 aliphatic rings. The normalized spacial score (nSPS) is 21.5. The molecule has 0 aliphatic carbocycles. The number of hydrogen-bond acceptors (Lipinski definition) is 5. The Labute approximate surface area is 198 Å². The molecule has 1 amide bonds. The number of amides is 1. The van der Waals surface area contributed by atoms with E-state index in [2.05, 4.69) is 44.1 Å². The van der Waals surface area contributed by atoms with E-state index in [0.29, 0.717) is 29.3 Å². The Hall–Kier alpha value is -3.80. The molecule has 2 bridgehead atoms. The zero-order valence-electron chi connectivity index (χ0n) is 18.9. The zero-order chi connectivity index (χ0) is 22.9. The van der Waals surface area contributed by atoms with Crippen molar-refractivity contribution >= 4 is 16.7 Å². The first kappa shape index (κ1) is 20.8. The summed E-state index contributed by atoms with van der Waals surface area (Å²) < 4.78 is 5.75. The van der Waals surface area contributed by atoms with Crippen LogP contribution in [0, 0.1) is 5.92 Å². The quantitative estimate of drug-likeness (QED) is 0.405. The van der Waals surface area contributed by atoms with Gasteiger partial charge in [0.05, 0.1) is 0 Å². The minimum absolute atomic E-state index is 0.0946. The maximum absolute atomic E-state index is 13.5. The van der Waals surface area contributed by atoms with Gasteiger partial charge in [-0.15, -0.1) is 0 Å². The number of hydrogen-bond donors (Lipinski definition) is 0. The first-order valence-corrected chi connectivity index (χ1v) is 11.9. The van der Waals surface area contributed by atoms with Crippen LogP contribution in [0.5, 0.6) is 11.8 Å². The Morgan fingerprint density at radius 1 is 0.941 bits per heavy atom. The largest absolute Gasteiger partial charge is 0.424 e. The molecule has 2 aromatic carbocycles. The number of piperidine rings is 1. The number of fused-ring (bicyclic) bond motifs is 3. The van der Waals surface area contributed by atoms with Crippen LogP contribution in [-0.4, -0.2) is 37.8 Å². The van der Waals surface area contributed by atoms with Crippen LogP contribution >= 0.6 is 0 Å². The number of aromatic nitrogens is 3. The van der Waals surface area contributed by atoms with Crippen molar-refractivity contribution in [3.63, 3.8) is 0 Å². The van der Waals surface area contributed by atoms with Gasteiger partial charge in [-0.05, 0) is 73.2 Å². The lowest BCUT2D eigenvalue weighted by Gasteiger charge is -2.39. The SMILES string of the molecule is O=C(c1cccc(Oc2ncccn2)c1)N1[C@H]2CC[C@H]1CC(Cc1cncc3ccccc13)C2. The van der Waals surface area contributed by atoms with E-state index in [1.807, 2.05) is 30.6 Å². The Bertz CT molecular complexity index is 1310. The molecule has 170 valence electrons. The van der Waals surface area contributed by atoms with Crippen molar-refractivity contribution in [1.29, 1.82) is 0 Å². The Morgan fingerprint density at radius 2 is 1.74 bits per heavy atom. The van der Waals surface area contributed by atoms with Crippen molar-refractivity contribution in [3.05, 3.63) is 90.5 Å². The average molecular weight is 451 g/mol. The van der Waals surface area contributed by atoms with Gasteiger partial charge in [0.25, 0.3) is 5.91 Å². The lowest BCUT2D eigenvalue weighted by molar-refractivity contribution is 0.0524. The number of rotatable bonds is 5. The third kappa shape index (κ3) is 4.00. The standard InChI is InChI=1S/C28H26N4O2/c33-27(20-6-3-7-25(16-20)34-28-30-11-4-12-31-28)32-23-9-10-24(32)15-19(14-23)13-22-18-29-17-21-5-1-2-8-26(21)22/h1-8,11-12,16-19,23-24H,9-10,13-15H2/t23-,24-/m0/s1. The molecule has 2 aromatic heterocycles. The number of carbonyl (C=O) groups excluding carboxylic acids is 1. The molecule has 2 atom stereocenters. The number of carbonyl (C=O) groups is 1. The van der Waals surface area contributed by atoms with Gasteiger partial charge in [0, 0.05) is 47.8 Å². The molecule has 6 nitrogen and oxygen atoms in total. The lowest BCUT2D eigenvalue weighted by atomic mass is 9.85. The van der Waals surface area contributed by atoms with E-state index < -0.39 is 0 Å². The molecule has 0 unspecified atom stereocenters. The summed E-state index contributed by atoms with van der Waals surface area (Å²) in [6, 6.07) is 18.4. The van der Waals surface area contributed by atoms with Gasteiger partial charge >= 0.3 is 6.01 Å². The van der Waals surface area contributed by atoms with Crippen LogP contribution < -0.4 is 4.74 Å². The molecule has 4 heterocycles. The van der Waals surface area contributed by atoms with E-state index in [1.54, 1.807) is 24.5 Å². The molecule has 0 N–H and O–H groups in total. The first-order chi connectivity index (χ1) is 16.7. The van der Waals surface area contributed by atoms with E-state index in [0.717, 1.165) is 32.1 Å². The van der Waals surface area contributed by atoms with Crippen molar-refractivity contribution in [3.8, 4) is 11.8 Å². The van der Waals surface area contributed by atoms with Crippen LogP contribution in [0.25, 0.3) is 10.8 Å². The molecule has 2 fully saturated rings. The first-order valence-electron chi connectivity index (χ1n) is 11.9. The molecule has 2 saturated heterocycles. The van der Waals surface area contributed by atoms with Crippen molar-refractivity contribution < 1.29 is 9.53 Å². The highest BCUT2D eigenvalue weighted by Crippen LogP contribution is 2.41.